The molecular weight excluding hydrogens is 262 g/mol. The molecule has 0 N–H and O–H groups in total. The van der Waals surface area contributed by atoms with E-state index >= 15 is 0 Å². The van der Waals surface area contributed by atoms with Gasteiger partial charge in [-0.1, -0.05) is 23.8 Å². The number of fused-ring (bicyclic) bond motifs is 1. The first-order valence-corrected chi connectivity index (χ1v) is 6.58. The van der Waals surface area contributed by atoms with Crippen LogP contribution in [-0.2, 0) is 7.05 Å². The van der Waals surface area contributed by atoms with Crippen LogP contribution in [-0.4, -0.2) is 9.55 Å². The van der Waals surface area contributed by atoms with Crippen molar-refractivity contribution in [1.29, 1.82) is 5.26 Å². The van der Waals surface area contributed by atoms with Crippen LogP contribution in [0.1, 0.15) is 11.1 Å². The van der Waals surface area contributed by atoms with Gasteiger partial charge in [0.1, 0.15) is 5.82 Å². The van der Waals surface area contributed by atoms with Gasteiger partial charge in [0.2, 0.25) is 0 Å². The number of aryl methyl sites for hydroxylation is 1. The van der Waals surface area contributed by atoms with Crippen molar-refractivity contribution in [2.75, 3.05) is 0 Å². The molecule has 3 aromatic rings. The Kier molecular flexibility index (Phi) is 3.03. The number of benzene rings is 2. The van der Waals surface area contributed by atoms with Crippen LogP contribution in [0, 0.1) is 18.3 Å². The van der Waals surface area contributed by atoms with E-state index in [4.69, 9.17) is 0 Å². The zero-order chi connectivity index (χ0) is 15.0. The fourth-order valence-electron chi connectivity index (χ4n) is 2.40. The smallest absolute Gasteiger partial charge is 0.261 e. The molecule has 1 heterocycles. The molecule has 0 radical (unpaired) electrons. The van der Waals surface area contributed by atoms with Crippen molar-refractivity contribution in [2.24, 2.45) is 7.05 Å². The summed E-state index contributed by atoms with van der Waals surface area (Å²) in [5.74, 6) is 0.508. The third-order valence-electron chi connectivity index (χ3n) is 3.52. The Morgan fingerprint density at radius 2 is 1.95 bits per heavy atom. The molecule has 102 valence electrons. The van der Waals surface area contributed by atoms with Gasteiger partial charge in [0.05, 0.1) is 22.5 Å². The predicted octanol–water partition coefficient (Wildman–Crippen LogP) is 2.78. The molecule has 21 heavy (non-hydrogen) atoms. The maximum atomic E-state index is 12.5. The van der Waals surface area contributed by atoms with E-state index in [9.17, 15) is 10.1 Å². The monoisotopic (exact) mass is 275 g/mol. The van der Waals surface area contributed by atoms with Crippen LogP contribution in [0.25, 0.3) is 22.3 Å². The van der Waals surface area contributed by atoms with Crippen LogP contribution in [0.4, 0.5) is 0 Å². The van der Waals surface area contributed by atoms with Crippen LogP contribution >= 0.6 is 0 Å². The lowest BCUT2D eigenvalue weighted by Gasteiger charge is -2.10. The summed E-state index contributed by atoms with van der Waals surface area (Å²) in [6, 6.07) is 14.9. The second-order valence-electron chi connectivity index (χ2n) is 4.98. The van der Waals surface area contributed by atoms with Crippen molar-refractivity contribution < 1.29 is 0 Å². The van der Waals surface area contributed by atoms with Gasteiger partial charge in [0.15, 0.2) is 0 Å². The maximum absolute atomic E-state index is 12.5. The number of rotatable bonds is 1. The Bertz CT molecular complexity index is 948. The number of nitriles is 1. The van der Waals surface area contributed by atoms with Gasteiger partial charge in [-0.05, 0) is 31.2 Å². The van der Waals surface area contributed by atoms with E-state index in [0.29, 0.717) is 27.9 Å². The Labute approximate surface area is 121 Å². The van der Waals surface area contributed by atoms with Crippen molar-refractivity contribution in [3.05, 3.63) is 63.9 Å². The van der Waals surface area contributed by atoms with Crippen molar-refractivity contribution in [2.45, 2.75) is 6.92 Å². The number of hydrogen-bond acceptors (Lipinski definition) is 3. The summed E-state index contributed by atoms with van der Waals surface area (Å²) in [6.45, 7) is 1.94. The topological polar surface area (TPSA) is 58.7 Å². The van der Waals surface area contributed by atoms with Gasteiger partial charge < -0.3 is 0 Å². The summed E-state index contributed by atoms with van der Waals surface area (Å²) in [5.41, 5.74) is 2.73. The summed E-state index contributed by atoms with van der Waals surface area (Å²) >= 11 is 0. The van der Waals surface area contributed by atoms with Crippen LogP contribution < -0.4 is 5.56 Å². The largest absolute Gasteiger partial charge is 0.295 e. The quantitative estimate of drug-likeness (QED) is 0.686. The Balaban J connectivity index is 2.40. The Morgan fingerprint density at radius 1 is 1.19 bits per heavy atom. The highest BCUT2D eigenvalue weighted by atomic mass is 16.1. The van der Waals surface area contributed by atoms with Gasteiger partial charge in [-0.2, -0.15) is 5.26 Å². The Morgan fingerprint density at radius 3 is 2.71 bits per heavy atom. The van der Waals surface area contributed by atoms with E-state index < -0.39 is 0 Å². The molecule has 0 atom stereocenters. The lowest BCUT2D eigenvalue weighted by molar-refractivity contribution is 0.855. The van der Waals surface area contributed by atoms with Gasteiger partial charge in [-0.15, -0.1) is 0 Å². The molecule has 3 rings (SSSR count). The van der Waals surface area contributed by atoms with Crippen LogP contribution in [0.15, 0.2) is 47.3 Å². The average molecular weight is 275 g/mol. The SMILES string of the molecule is Cc1ccc2nc(-c3ccccc3C#N)n(C)c(=O)c2c1. The van der Waals surface area contributed by atoms with Crippen LogP contribution in [0.2, 0.25) is 0 Å². The molecule has 0 amide bonds. The molecule has 4 heteroatoms. The van der Waals surface area contributed by atoms with Crippen molar-refractivity contribution in [1.82, 2.24) is 9.55 Å². The van der Waals surface area contributed by atoms with Gasteiger partial charge in [-0.25, -0.2) is 4.98 Å². The minimum absolute atomic E-state index is 0.105. The van der Waals surface area contributed by atoms with E-state index in [1.807, 2.05) is 31.2 Å². The second-order valence-corrected chi connectivity index (χ2v) is 4.98. The molecule has 0 bridgehead atoms. The first kappa shape index (κ1) is 13.1. The fraction of sp³-hybridized carbons (Fsp3) is 0.118. The zero-order valence-electron chi connectivity index (χ0n) is 11.8. The van der Waals surface area contributed by atoms with Gasteiger partial charge >= 0.3 is 0 Å². The van der Waals surface area contributed by atoms with Crippen molar-refractivity contribution in [3.63, 3.8) is 0 Å². The molecule has 1 aromatic heterocycles. The first-order chi connectivity index (χ1) is 10.1. The molecule has 0 fully saturated rings. The van der Waals surface area contributed by atoms with E-state index in [1.54, 1.807) is 25.2 Å². The average Bonchev–Trinajstić information content (AvgIpc) is 2.51. The highest BCUT2D eigenvalue weighted by Gasteiger charge is 2.13. The summed E-state index contributed by atoms with van der Waals surface area (Å²) in [5, 5.41) is 9.82. The molecule has 0 spiro atoms. The van der Waals surface area contributed by atoms with E-state index in [1.165, 1.54) is 4.57 Å². The zero-order valence-corrected chi connectivity index (χ0v) is 11.8. The lowest BCUT2D eigenvalue weighted by atomic mass is 10.1. The van der Waals surface area contributed by atoms with E-state index in [-0.39, 0.29) is 5.56 Å². The molecule has 0 aliphatic rings. The molecule has 0 aliphatic carbocycles. The highest BCUT2D eigenvalue weighted by Crippen LogP contribution is 2.22. The van der Waals surface area contributed by atoms with Gasteiger partial charge in [-0.3, -0.25) is 9.36 Å². The molecular formula is C17H13N3O. The highest BCUT2D eigenvalue weighted by molar-refractivity contribution is 5.81. The van der Waals surface area contributed by atoms with E-state index in [2.05, 4.69) is 11.1 Å². The standard InChI is InChI=1S/C17H13N3O/c1-11-7-8-15-14(9-11)17(21)20(2)16(19-15)13-6-4-3-5-12(13)10-18/h3-9H,1-2H3. The van der Waals surface area contributed by atoms with Crippen molar-refractivity contribution >= 4 is 10.9 Å². The van der Waals surface area contributed by atoms with E-state index in [0.717, 1.165) is 5.56 Å². The minimum atomic E-state index is -0.105. The molecule has 0 saturated heterocycles. The minimum Gasteiger partial charge on any atom is -0.295 e. The second kappa shape index (κ2) is 4.88. The number of aromatic nitrogens is 2. The summed E-state index contributed by atoms with van der Waals surface area (Å²) in [6.07, 6.45) is 0. The predicted molar refractivity (Wildman–Crippen MR) is 81.9 cm³/mol. The molecule has 0 saturated carbocycles. The molecule has 0 unspecified atom stereocenters. The number of hydrogen-bond donors (Lipinski definition) is 0. The van der Waals surface area contributed by atoms with Crippen LogP contribution in [0.3, 0.4) is 0 Å². The third-order valence-corrected chi connectivity index (χ3v) is 3.52. The third kappa shape index (κ3) is 2.09. The van der Waals surface area contributed by atoms with Crippen LogP contribution in [0.5, 0.6) is 0 Å². The normalized spacial score (nSPS) is 10.5. The fourth-order valence-corrected chi connectivity index (χ4v) is 2.40. The molecule has 4 nitrogen and oxygen atoms in total. The summed E-state index contributed by atoms with van der Waals surface area (Å²) < 4.78 is 1.50. The maximum Gasteiger partial charge on any atom is 0.261 e. The molecule has 0 aliphatic heterocycles. The molecule has 2 aromatic carbocycles. The number of nitrogens with zero attached hydrogens (tertiary/aromatic N) is 3. The van der Waals surface area contributed by atoms with Gasteiger partial charge in [0, 0.05) is 12.6 Å². The lowest BCUT2D eigenvalue weighted by Crippen LogP contribution is -2.20. The summed E-state index contributed by atoms with van der Waals surface area (Å²) in [7, 11) is 1.68. The first-order valence-electron chi connectivity index (χ1n) is 6.58. The van der Waals surface area contributed by atoms with Gasteiger partial charge in [0.25, 0.3) is 5.56 Å². The summed E-state index contributed by atoms with van der Waals surface area (Å²) in [4.78, 5) is 17.1. The Hall–Kier alpha value is -2.93. The van der Waals surface area contributed by atoms with Crippen molar-refractivity contribution in [3.8, 4) is 17.5 Å².